The second-order valence-corrected chi connectivity index (χ2v) is 5.43. The van der Waals surface area contributed by atoms with Crippen molar-refractivity contribution >= 4 is 27.0 Å². The number of benzene rings is 1. The first-order valence-electron chi connectivity index (χ1n) is 5.97. The van der Waals surface area contributed by atoms with Gasteiger partial charge in [-0.25, -0.2) is 4.98 Å². The predicted octanol–water partition coefficient (Wildman–Crippen LogP) is 4.59. The normalized spacial score (nSPS) is 12.3. The maximum absolute atomic E-state index is 13.5. The molecular formula is C13H15BrF2N2. The first-order chi connectivity index (χ1) is 8.43. The third-order valence-electron chi connectivity index (χ3n) is 2.89. The molecule has 0 atom stereocenters. The molecule has 98 valence electrons. The molecule has 0 bridgehead atoms. The van der Waals surface area contributed by atoms with Crippen LogP contribution in [0.5, 0.6) is 0 Å². The van der Waals surface area contributed by atoms with Crippen molar-refractivity contribution in [3.8, 4) is 0 Å². The minimum absolute atomic E-state index is 0.212. The number of nitrogens with zero attached hydrogens (tertiary/aromatic N) is 2. The van der Waals surface area contributed by atoms with Gasteiger partial charge in [-0.15, -0.1) is 0 Å². The van der Waals surface area contributed by atoms with Crippen molar-refractivity contribution in [1.29, 1.82) is 0 Å². The Kier molecular flexibility index (Phi) is 3.71. The first-order valence-corrected chi connectivity index (χ1v) is 6.77. The predicted molar refractivity (Wildman–Crippen MR) is 72.2 cm³/mol. The third kappa shape index (κ3) is 2.55. The monoisotopic (exact) mass is 316 g/mol. The molecule has 2 rings (SSSR count). The van der Waals surface area contributed by atoms with Crippen LogP contribution in [0.15, 0.2) is 18.2 Å². The van der Waals surface area contributed by atoms with E-state index in [9.17, 15) is 8.78 Å². The lowest BCUT2D eigenvalue weighted by Crippen LogP contribution is -2.13. The highest BCUT2D eigenvalue weighted by atomic mass is 79.9. The SMILES string of the molecule is CCCCn1c(C(F)(F)Br)nc2ccc(C)cc21. The summed E-state index contributed by atoms with van der Waals surface area (Å²) in [7, 11) is 0. The minimum Gasteiger partial charge on any atom is -0.322 e. The van der Waals surface area contributed by atoms with Crippen molar-refractivity contribution in [2.75, 3.05) is 0 Å². The molecule has 1 aromatic heterocycles. The Morgan fingerprint density at radius 2 is 2.11 bits per heavy atom. The van der Waals surface area contributed by atoms with Gasteiger partial charge in [0.2, 0.25) is 0 Å². The number of hydrogen-bond acceptors (Lipinski definition) is 1. The van der Waals surface area contributed by atoms with E-state index >= 15 is 0 Å². The molecule has 2 aromatic rings. The second kappa shape index (κ2) is 4.96. The fourth-order valence-electron chi connectivity index (χ4n) is 1.99. The number of unbranched alkanes of at least 4 members (excludes halogenated alkanes) is 1. The Morgan fingerprint density at radius 1 is 1.39 bits per heavy atom. The molecule has 0 aliphatic heterocycles. The van der Waals surface area contributed by atoms with E-state index in [-0.39, 0.29) is 5.82 Å². The highest BCUT2D eigenvalue weighted by Gasteiger charge is 2.34. The lowest BCUT2D eigenvalue weighted by molar-refractivity contribution is 0.0993. The molecule has 1 heterocycles. The Hall–Kier alpha value is -0.970. The Labute approximate surface area is 113 Å². The number of rotatable bonds is 4. The van der Waals surface area contributed by atoms with Crippen LogP contribution < -0.4 is 0 Å². The lowest BCUT2D eigenvalue weighted by Gasteiger charge is -2.12. The molecule has 0 aliphatic carbocycles. The van der Waals surface area contributed by atoms with Gasteiger partial charge in [0.15, 0.2) is 5.82 Å². The average Bonchev–Trinajstić information content (AvgIpc) is 2.64. The number of alkyl halides is 3. The topological polar surface area (TPSA) is 17.8 Å². The Morgan fingerprint density at radius 3 is 2.72 bits per heavy atom. The number of halogens is 3. The molecule has 0 aliphatic rings. The number of aromatic nitrogens is 2. The average molecular weight is 317 g/mol. The number of aryl methyl sites for hydroxylation is 2. The summed E-state index contributed by atoms with van der Waals surface area (Å²) >= 11 is 2.41. The molecule has 1 aromatic carbocycles. The molecule has 0 spiro atoms. The van der Waals surface area contributed by atoms with Crippen LogP contribution in [0.1, 0.15) is 31.2 Å². The largest absolute Gasteiger partial charge is 0.358 e. The van der Waals surface area contributed by atoms with Gasteiger partial charge in [-0.1, -0.05) is 19.4 Å². The zero-order valence-corrected chi connectivity index (χ0v) is 12.0. The maximum atomic E-state index is 13.5. The summed E-state index contributed by atoms with van der Waals surface area (Å²) in [5.74, 6) is -0.212. The van der Waals surface area contributed by atoms with E-state index in [2.05, 4.69) is 20.9 Å². The van der Waals surface area contributed by atoms with Crippen molar-refractivity contribution in [2.45, 2.75) is 38.1 Å². The summed E-state index contributed by atoms with van der Waals surface area (Å²) in [6, 6.07) is 5.57. The number of hydrogen-bond donors (Lipinski definition) is 0. The van der Waals surface area contributed by atoms with Crippen LogP contribution in [0.2, 0.25) is 0 Å². The highest BCUT2D eigenvalue weighted by molar-refractivity contribution is 9.09. The van der Waals surface area contributed by atoms with Gasteiger partial charge in [0.05, 0.1) is 11.0 Å². The fourth-order valence-corrected chi connectivity index (χ4v) is 2.29. The molecule has 0 N–H and O–H groups in total. The summed E-state index contributed by atoms with van der Waals surface area (Å²) in [6.07, 6.45) is 1.81. The van der Waals surface area contributed by atoms with Crippen molar-refractivity contribution in [2.24, 2.45) is 0 Å². The molecule has 2 nitrogen and oxygen atoms in total. The molecule has 0 fully saturated rings. The van der Waals surface area contributed by atoms with E-state index in [1.807, 2.05) is 26.0 Å². The van der Waals surface area contributed by atoms with Gasteiger partial charge < -0.3 is 4.57 Å². The van der Waals surface area contributed by atoms with Crippen LogP contribution >= 0.6 is 15.9 Å². The maximum Gasteiger partial charge on any atom is 0.358 e. The number of imidazole rings is 1. The van der Waals surface area contributed by atoms with Gasteiger partial charge in [0, 0.05) is 6.54 Å². The zero-order chi connectivity index (χ0) is 13.3. The third-order valence-corrected chi connectivity index (χ3v) is 3.25. The molecule has 5 heteroatoms. The van der Waals surface area contributed by atoms with E-state index < -0.39 is 4.83 Å². The van der Waals surface area contributed by atoms with E-state index in [0.717, 1.165) is 23.9 Å². The van der Waals surface area contributed by atoms with Crippen LogP contribution in [0.3, 0.4) is 0 Å². The molecule has 0 radical (unpaired) electrons. The van der Waals surface area contributed by atoms with Crippen molar-refractivity contribution in [3.05, 3.63) is 29.6 Å². The van der Waals surface area contributed by atoms with Crippen molar-refractivity contribution in [1.82, 2.24) is 9.55 Å². The standard InChI is InChI=1S/C13H15BrF2N2/c1-3-4-7-18-11-8-9(2)5-6-10(11)17-12(18)13(14,15)16/h5-6,8H,3-4,7H2,1-2H3. The van der Waals surface area contributed by atoms with Crippen molar-refractivity contribution < 1.29 is 8.78 Å². The number of fused-ring (bicyclic) bond motifs is 1. The molecule has 0 saturated heterocycles. The molecule has 0 saturated carbocycles. The van der Waals surface area contributed by atoms with Gasteiger partial charge >= 0.3 is 4.83 Å². The van der Waals surface area contributed by atoms with E-state index in [4.69, 9.17) is 0 Å². The summed E-state index contributed by atoms with van der Waals surface area (Å²) in [4.78, 5) is 0.954. The highest BCUT2D eigenvalue weighted by Crippen LogP contribution is 2.36. The quantitative estimate of drug-likeness (QED) is 0.754. The van der Waals surface area contributed by atoms with Gasteiger partial charge in [0.25, 0.3) is 0 Å². The minimum atomic E-state index is -3.09. The lowest BCUT2D eigenvalue weighted by atomic mass is 10.2. The smallest absolute Gasteiger partial charge is 0.322 e. The summed E-state index contributed by atoms with van der Waals surface area (Å²) in [5, 5.41) is 0. The summed E-state index contributed by atoms with van der Waals surface area (Å²) in [5.41, 5.74) is 2.44. The Bertz CT molecular complexity index is 558. The van der Waals surface area contributed by atoms with E-state index in [0.29, 0.717) is 12.1 Å². The van der Waals surface area contributed by atoms with E-state index in [1.54, 1.807) is 10.6 Å². The van der Waals surface area contributed by atoms with Gasteiger partial charge in [-0.3, -0.25) is 0 Å². The van der Waals surface area contributed by atoms with Crippen LogP contribution in [0.4, 0.5) is 8.78 Å². The van der Waals surface area contributed by atoms with Crippen LogP contribution in [-0.2, 0) is 11.4 Å². The second-order valence-electron chi connectivity index (χ2n) is 4.43. The van der Waals surface area contributed by atoms with Gasteiger partial charge in [-0.2, -0.15) is 8.78 Å². The van der Waals surface area contributed by atoms with E-state index in [1.165, 1.54) is 0 Å². The molecule has 0 amide bonds. The molecular weight excluding hydrogens is 302 g/mol. The van der Waals surface area contributed by atoms with Crippen molar-refractivity contribution in [3.63, 3.8) is 0 Å². The molecule has 18 heavy (non-hydrogen) atoms. The first kappa shape index (κ1) is 13.5. The van der Waals surface area contributed by atoms with Crippen LogP contribution in [0, 0.1) is 6.92 Å². The zero-order valence-electron chi connectivity index (χ0n) is 10.4. The Balaban J connectivity index is 2.62. The van der Waals surface area contributed by atoms with Crippen LogP contribution in [-0.4, -0.2) is 9.55 Å². The molecule has 0 unspecified atom stereocenters. The van der Waals surface area contributed by atoms with Gasteiger partial charge in [0.1, 0.15) is 0 Å². The van der Waals surface area contributed by atoms with Gasteiger partial charge in [-0.05, 0) is 47.0 Å². The van der Waals surface area contributed by atoms with Crippen LogP contribution in [0.25, 0.3) is 11.0 Å². The summed E-state index contributed by atoms with van der Waals surface area (Å²) < 4.78 is 28.6. The fraction of sp³-hybridized carbons (Fsp3) is 0.462. The summed E-state index contributed by atoms with van der Waals surface area (Å²) in [6.45, 7) is 4.55.